The maximum Gasteiger partial charge on any atom is 0.228 e. The van der Waals surface area contributed by atoms with Crippen LogP contribution < -0.4 is 9.47 Å². The van der Waals surface area contributed by atoms with Crippen LogP contribution in [0.2, 0.25) is 0 Å². The molecule has 3 aromatic heterocycles. The van der Waals surface area contributed by atoms with Crippen molar-refractivity contribution in [3.05, 3.63) is 66.2 Å². The molecule has 6 nitrogen and oxygen atoms in total. The molecule has 0 aliphatic heterocycles. The molecule has 0 unspecified atom stereocenters. The van der Waals surface area contributed by atoms with Crippen molar-refractivity contribution in [3.8, 4) is 23.0 Å². The molecule has 1 aromatic carbocycles. The molecule has 130 valence electrons. The van der Waals surface area contributed by atoms with E-state index in [2.05, 4.69) is 15.0 Å². The van der Waals surface area contributed by atoms with Crippen LogP contribution in [0.5, 0.6) is 11.5 Å². The van der Waals surface area contributed by atoms with Crippen LogP contribution in [0.15, 0.2) is 59.4 Å². The molecule has 0 atom stereocenters. The number of pyridine rings is 2. The second-order valence-corrected chi connectivity index (χ2v) is 5.88. The summed E-state index contributed by atoms with van der Waals surface area (Å²) in [5.41, 5.74) is 4.17. The van der Waals surface area contributed by atoms with Gasteiger partial charge in [0.2, 0.25) is 5.89 Å². The predicted octanol–water partition coefficient (Wildman–Crippen LogP) is 4.18. The zero-order valence-corrected chi connectivity index (χ0v) is 14.5. The lowest BCUT2D eigenvalue weighted by atomic mass is 10.2. The highest BCUT2D eigenvalue weighted by molar-refractivity contribution is 5.77. The first-order valence-electron chi connectivity index (χ1n) is 8.15. The number of aryl methyl sites for hydroxylation is 1. The van der Waals surface area contributed by atoms with E-state index in [4.69, 9.17) is 13.9 Å². The normalized spacial score (nSPS) is 10.8. The lowest BCUT2D eigenvalue weighted by molar-refractivity contribution is 0.301. The summed E-state index contributed by atoms with van der Waals surface area (Å²) in [5.74, 6) is 1.97. The van der Waals surface area contributed by atoms with Gasteiger partial charge in [0, 0.05) is 18.5 Å². The number of rotatable bonds is 5. The average molecular weight is 347 g/mol. The maximum atomic E-state index is 5.82. The summed E-state index contributed by atoms with van der Waals surface area (Å²) in [6, 6.07) is 11.3. The van der Waals surface area contributed by atoms with Crippen molar-refractivity contribution >= 4 is 11.1 Å². The summed E-state index contributed by atoms with van der Waals surface area (Å²) >= 11 is 0. The molecular formula is C20H17N3O3. The third kappa shape index (κ3) is 3.35. The Morgan fingerprint density at radius 3 is 2.65 bits per heavy atom. The van der Waals surface area contributed by atoms with E-state index in [1.165, 1.54) is 0 Å². The van der Waals surface area contributed by atoms with Crippen molar-refractivity contribution in [3.63, 3.8) is 0 Å². The monoisotopic (exact) mass is 347 g/mol. The van der Waals surface area contributed by atoms with E-state index in [1.807, 2.05) is 43.3 Å². The van der Waals surface area contributed by atoms with E-state index in [-0.39, 0.29) is 0 Å². The Labute approximate surface area is 150 Å². The SMILES string of the molecule is COc1ccc(COc2ccc3oc(-c4cncc(C)c4)nc3c2)nc1. The van der Waals surface area contributed by atoms with Crippen molar-refractivity contribution in [2.45, 2.75) is 13.5 Å². The van der Waals surface area contributed by atoms with E-state index in [1.54, 1.807) is 25.7 Å². The first kappa shape index (κ1) is 16.1. The number of aromatic nitrogens is 3. The zero-order chi connectivity index (χ0) is 17.9. The number of oxazole rings is 1. The Morgan fingerprint density at radius 1 is 1.00 bits per heavy atom. The fraction of sp³-hybridized carbons (Fsp3) is 0.150. The van der Waals surface area contributed by atoms with Crippen molar-refractivity contribution in [2.24, 2.45) is 0 Å². The van der Waals surface area contributed by atoms with E-state index < -0.39 is 0 Å². The van der Waals surface area contributed by atoms with E-state index in [0.29, 0.717) is 23.8 Å². The van der Waals surface area contributed by atoms with Crippen molar-refractivity contribution in [1.29, 1.82) is 0 Å². The van der Waals surface area contributed by atoms with Gasteiger partial charge in [0.1, 0.15) is 23.6 Å². The number of ether oxygens (including phenoxy) is 2. The quantitative estimate of drug-likeness (QED) is 0.539. The molecule has 0 spiro atoms. The van der Waals surface area contributed by atoms with Crippen LogP contribution >= 0.6 is 0 Å². The van der Waals surface area contributed by atoms with Gasteiger partial charge in [-0.3, -0.25) is 9.97 Å². The van der Waals surface area contributed by atoms with Crippen LogP contribution in [-0.2, 0) is 6.61 Å². The van der Waals surface area contributed by atoms with E-state index in [9.17, 15) is 0 Å². The number of nitrogens with zero attached hydrogens (tertiary/aromatic N) is 3. The molecule has 6 heteroatoms. The number of hydrogen-bond acceptors (Lipinski definition) is 6. The van der Waals surface area contributed by atoms with Crippen LogP contribution in [0.25, 0.3) is 22.6 Å². The molecule has 0 aliphatic rings. The third-order valence-electron chi connectivity index (χ3n) is 3.90. The minimum Gasteiger partial charge on any atom is -0.495 e. The summed E-state index contributed by atoms with van der Waals surface area (Å²) in [6.07, 6.45) is 5.21. The smallest absolute Gasteiger partial charge is 0.228 e. The van der Waals surface area contributed by atoms with Crippen LogP contribution in [-0.4, -0.2) is 22.1 Å². The summed E-state index contributed by atoms with van der Waals surface area (Å²) in [6.45, 7) is 2.35. The Morgan fingerprint density at radius 2 is 1.88 bits per heavy atom. The molecule has 0 saturated heterocycles. The van der Waals surface area contributed by atoms with Gasteiger partial charge in [-0.1, -0.05) is 0 Å². The molecule has 0 amide bonds. The highest BCUT2D eigenvalue weighted by atomic mass is 16.5. The summed E-state index contributed by atoms with van der Waals surface area (Å²) in [7, 11) is 1.61. The molecule has 0 aliphatic carbocycles. The van der Waals surface area contributed by atoms with E-state index in [0.717, 1.165) is 28.1 Å². The molecule has 0 saturated carbocycles. The molecule has 0 N–H and O–H groups in total. The molecule has 0 bridgehead atoms. The van der Waals surface area contributed by atoms with Gasteiger partial charge in [-0.2, -0.15) is 0 Å². The molecule has 0 fully saturated rings. The largest absolute Gasteiger partial charge is 0.495 e. The van der Waals surface area contributed by atoms with Gasteiger partial charge in [0.05, 0.1) is 24.6 Å². The van der Waals surface area contributed by atoms with Gasteiger partial charge < -0.3 is 13.9 Å². The van der Waals surface area contributed by atoms with Gasteiger partial charge >= 0.3 is 0 Å². The Balaban J connectivity index is 1.53. The standard InChI is InChI=1S/C20H17N3O3/c1-13-7-14(10-21-9-13)20-23-18-8-16(5-6-19(18)26-20)25-12-15-3-4-17(24-2)11-22-15/h3-11H,12H2,1-2H3. The Hall–Kier alpha value is -3.41. The summed E-state index contributed by atoms with van der Waals surface area (Å²) < 4.78 is 16.7. The van der Waals surface area contributed by atoms with Crippen LogP contribution in [0.1, 0.15) is 11.3 Å². The van der Waals surface area contributed by atoms with Crippen LogP contribution in [0, 0.1) is 6.92 Å². The molecule has 3 heterocycles. The van der Waals surface area contributed by atoms with Gasteiger partial charge in [-0.25, -0.2) is 4.98 Å². The maximum absolute atomic E-state index is 5.82. The highest BCUT2D eigenvalue weighted by Gasteiger charge is 2.10. The fourth-order valence-electron chi connectivity index (χ4n) is 2.57. The van der Waals surface area contributed by atoms with Crippen molar-refractivity contribution < 1.29 is 13.9 Å². The first-order valence-corrected chi connectivity index (χ1v) is 8.15. The number of fused-ring (bicyclic) bond motifs is 1. The van der Waals surface area contributed by atoms with Crippen molar-refractivity contribution in [1.82, 2.24) is 15.0 Å². The molecular weight excluding hydrogens is 330 g/mol. The van der Waals surface area contributed by atoms with Gasteiger partial charge in [-0.05, 0) is 42.8 Å². The minimum atomic E-state index is 0.363. The first-order chi connectivity index (χ1) is 12.7. The Bertz CT molecular complexity index is 1040. The van der Waals surface area contributed by atoms with Gasteiger partial charge in [-0.15, -0.1) is 0 Å². The van der Waals surface area contributed by atoms with Gasteiger partial charge in [0.15, 0.2) is 5.58 Å². The average Bonchev–Trinajstić information content (AvgIpc) is 3.10. The predicted molar refractivity (Wildman–Crippen MR) is 97.1 cm³/mol. The molecule has 26 heavy (non-hydrogen) atoms. The third-order valence-corrected chi connectivity index (χ3v) is 3.90. The molecule has 0 radical (unpaired) electrons. The molecule has 4 aromatic rings. The summed E-state index contributed by atoms with van der Waals surface area (Å²) in [5, 5.41) is 0. The second kappa shape index (κ2) is 6.84. The minimum absolute atomic E-state index is 0.363. The van der Waals surface area contributed by atoms with Crippen LogP contribution in [0.3, 0.4) is 0 Å². The molecule has 4 rings (SSSR count). The lowest BCUT2D eigenvalue weighted by Crippen LogP contribution is -1.98. The highest BCUT2D eigenvalue weighted by Crippen LogP contribution is 2.27. The summed E-state index contributed by atoms with van der Waals surface area (Å²) in [4.78, 5) is 13.0. The van der Waals surface area contributed by atoms with E-state index >= 15 is 0 Å². The van der Waals surface area contributed by atoms with Crippen LogP contribution in [0.4, 0.5) is 0 Å². The lowest BCUT2D eigenvalue weighted by Gasteiger charge is -2.06. The fourth-order valence-corrected chi connectivity index (χ4v) is 2.57. The topological polar surface area (TPSA) is 70.3 Å². The number of hydrogen-bond donors (Lipinski definition) is 0. The number of methoxy groups -OCH3 is 1. The number of benzene rings is 1. The zero-order valence-electron chi connectivity index (χ0n) is 14.5. The second-order valence-electron chi connectivity index (χ2n) is 5.88. The van der Waals surface area contributed by atoms with Gasteiger partial charge in [0.25, 0.3) is 0 Å². The van der Waals surface area contributed by atoms with Crippen molar-refractivity contribution in [2.75, 3.05) is 7.11 Å². The Kier molecular flexibility index (Phi) is 4.23.